The molecule has 0 aromatic heterocycles. The number of hydrogen-bond acceptors (Lipinski definition) is 3. The molecule has 1 aromatic carbocycles. The van der Waals surface area contributed by atoms with Gasteiger partial charge >= 0.3 is 5.97 Å². The minimum atomic E-state index is -1.10. The summed E-state index contributed by atoms with van der Waals surface area (Å²) in [6, 6.07) is 4.19. The maximum absolute atomic E-state index is 11.7. The van der Waals surface area contributed by atoms with Crippen molar-refractivity contribution in [2.24, 2.45) is 11.7 Å². The minimum absolute atomic E-state index is 0.00866. The SMILES string of the molecule is NC(CC(=O)Nc1ccc(C(=O)O)c(Cl)c1)C1CC1. The number of carboxylic acid groups (broad SMARTS) is 1. The fraction of sp³-hybridized carbons (Fsp3) is 0.385. The van der Waals surface area contributed by atoms with Crippen molar-refractivity contribution < 1.29 is 14.7 Å². The van der Waals surface area contributed by atoms with E-state index in [1.807, 2.05) is 0 Å². The second-order valence-electron chi connectivity index (χ2n) is 4.75. The lowest BCUT2D eigenvalue weighted by Crippen LogP contribution is -2.28. The van der Waals surface area contributed by atoms with Crippen LogP contribution in [0.4, 0.5) is 5.69 Å². The molecular formula is C13H15ClN2O3. The summed E-state index contributed by atoms with van der Waals surface area (Å²) < 4.78 is 0. The fourth-order valence-electron chi connectivity index (χ4n) is 1.88. The van der Waals surface area contributed by atoms with Crippen LogP contribution in [0.1, 0.15) is 29.6 Å². The van der Waals surface area contributed by atoms with Gasteiger partial charge < -0.3 is 16.2 Å². The van der Waals surface area contributed by atoms with E-state index in [1.54, 1.807) is 0 Å². The van der Waals surface area contributed by atoms with Gasteiger partial charge in [-0.1, -0.05) is 11.6 Å². The Hall–Kier alpha value is -1.59. The molecule has 1 atom stereocenters. The van der Waals surface area contributed by atoms with Crippen LogP contribution in [-0.2, 0) is 4.79 Å². The van der Waals surface area contributed by atoms with E-state index in [0.717, 1.165) is 12.8 Å². The first-order valence-electron chi connectivity index (χ1n) is 6.05. The van der Waals surface area contributed by atoms with Gasteiger partial charge in [0.15, 0.2) is 0 Å². The van der Waals surface area contributed by atoms with E-state index in [4.69, 9.17) is 22.4 Å². The van der Waals surface area contributed by atoms with Crippen LogP contribution in [0.3, 0.4) is 0 Å². The van der Waals surface area contributed by atoms with Crippen LogP contribution in [0.5, 0.6) is 0 Å². The number of carbonyl (C=O) groups excluding carboxylic acids is 1. The maximum atomic E-state index is 11.7. The van der Waals surface area contributed by atoms with Crippen molar-refractivity contribution in [2.45, 2.75) is 25.3 Å². The lowest BCUT2D eigenvalue weighted by molar-refractivity contribution is -0.116. The van der Waals surface area contributed by atoms with Gasteiger partial charge in [0.2, 0.25) is 5.91 Å². The highest BCUT2D eigenvalue weighted by Gasteiger charge is 2.29. The lowest BCUT2D eigenvalue weighted by atomic mass is 10.1. The standard InChI is InChI=1S/C13H15ClN2O3/c14-10-5-8(3-4-9(10)13(18)19)16-12(17)6-11(15)7-1-2-7/h3-5,7,11H,1-2,6,15H2,(H,16,17)(H,18,19). The Labute approximate surface area is 115 Å². The van der Waals surface area contributed by atoms with Gasteiger partial charge in [-0.3, -0.25) is 4.79 Å². The zero-order valence-corrected chi connectivity index (χ0v) is 11.0. The van der Waals surface area contributed by atoms with Crippen molar-refractivity contribution in [2.75, 3.05) is 5.32 Å². The molecule has 0 aliphatic heterocycles. The van der Waals surface area contributed by atoms with Crippen molar-refractivity contribution >= 4 is 29.2 Å². The van der Waals surface area contributed by atoms with Crippen LogP contribution >= 0.6 is 11.6 Å². The average molecular weight is 283 g/mol. The normalized spacial score (nSPS) is 15.9. The van der Waals surface area contributed by atoms with E-state index in [2.05, 4.69) is 5.32 Å². The Morgan fingerprint density at radius 1 is 1.47 bits per heavy atom. The van der Waals surface area contributed by atoms with Gasteiger partial charge in [0.1, 0.15) is 0 Å². The van der Waals surface area contributed by atoms with Gasteiger partial charge in [-0.15, -0.1) is 0 Å². The number of hydrogen-bond donors (Lipinski definition) is 3. The van der Waals surface area contributed by atoms with Crippen LogP contribution in [-0.4, -0.2) is 23.0 Å². The van der Waals surface area contributed by atoms with Crippen molar-refractivity contribution in [1.82, 2.24) is 0 Å². The van der Waals surface area contributed by atoms with Gasteiger partial charge in [0, 0.05) is 18.2 Å². The molecule has 0 saturated heterocycles. The first-order valence-corrected chi connectivity index (χ1v) is 6.43. The van der Waals surface area contributed by atoms with E-state index < -0.39 is 5.97 Å². The van der Waals surface area contributed by atoms with Crippen LogP contribution < -0.4 is 11.1 Å². The molecule has 1 aliphatic carbocycles. The number of nitrogens with two attached hydrogens (primary N) is 1. The molecule has 1 unspecified atom stereocenters. The van der Waals surface area contributed by atoms with E-state index in [1.165, 1.54) is 18.2 Å². The molecule has 2 rings (SSSR count). The predicted octanol–water partition coefficient (Wildman–Crippen LogP) is 2.10. The average Bonchev–Trinajstić information content (AvgIpc) is 3.11. The van der Waals surface area contributed by atoms with Crippen molar-refractivity contribution in [1.29, 1.82) is 0 Å². The zero-order valence-electron chi connectivity index (χ0n) is 10.2. The number of carbonyl (C=O) groups is 2. The fourth-order valence-corrected chi connectivity index (χ4v) is 2.14. The molecule has 1 amide bonds. The van der Waals surface area contributed by atoms with Crippen LogP contribution in [0.2, 0.25) is 5.02 Å². The molecule has 1 aromatic rings. The number of benzene rings is 1. The quantitative estimate of drug-likeness (QED) is 0.771. The molecule has 5 nitrogen and oxygen atoms in total. The van der Waals surface area contributed by atoms with E-state index in [9.17, 15) is 9.59 Å². The van der Waals surface area contributed by atoms with Gasteiger partial charge in [-0.05, 0) is 37.0 Å². The maximum Gasteiger partial charge on any atom is 0.337 e. The van der Waals surface area contributed by atoms with Gasteiger partial charge in [-0.2, -0.15) is 0 Å². The minimum Gasteiger partial charge on any atom is -0.478 e. The molecule has 0 heterocycles. The summed E-state index contributed by atoms with van der Waals surface area (Å²) in [5.74, 6) is -0.819. The van der Waals surface area contributed by atoms with E-state index in [-0.39, 0.29) is 29.0 Å². The molecule has 1 saturated carbocycles. The Kier molecular flexibility index (Phi) is 4.07. The first kappa shape index (κ1) is 13.8. The molecule has 19 heavy (non-hydrogen) atoms. The summed E-state index contributed by atoms with van der Waals surface area (Å²) in [5, 5.41) is 11.6. The van der Waals surface area contributed by atoms with Crippen molar-refractivity contribution in [3.8, 4) is 0 Å². The number of rotatable bonds is 5. The Morgan fingerprint density at radius 2 is 2.16 bits per heavy atom. The molecule has 6 heteroatoms. The Morgan fingerprint density at radius 3 is 2.68 bits per heavy atom. The third-order valence-corrected chi connectivity index (χ3v) is 3.44. The van der Waals surface area contributed by atoms with E-state index in [0.29, 0.717) is 11.6 Å². The van der Waals surface area contributed by atoms with Crippen LogP contribution in [0.15, 0.2) is 18.2 Å². The smallest absolute Gasteiger partial charge is 0.337 e. The highest BCUT2D eigenvalue weighted by Crippen LogP contribution is 2.33. The van der Waals surface area contributed by atoms with Crippen molar-refractivity contribution in [3.63, 3.8) is 0 Å². The number of carboxylic acids is 1. The molecular weight excluding hydrogens is 268 g/mol. The third-order valence-electron chi connectivity index (χ3n) is 3.13. The summed E-state index contributed by atoms with van der Waals surface area (Å²) in [7, 11) is 0. The van der Waals surface area contributed by atoms with Gasteiger partial charge in [0.05, 0.1) is 10.6 Å². The lowest BCUT2D eigenvalue weighted by Gasteiger charge is -2.11. The second-order valence-corrected chi connectivity index (χ2v) is 5.16. The number of anilines is 1. The summed E-state index contributed by atoms with van der Waals surface area (Å²) in [6.45, 7) is 0. The van der Waals surface area contributed by atoms with Gasteiger partial charge in [-0.25, -0.2) is 4.79 Å². The van der Waals surface area contributed by atoms with Crippen LogP contribution in [0, 0.1) is 5.92 Å². The topological polar surface area (TPSA) is 92.4 Å². The van der Waals surface area contributed by atoms with Crippen molar-refractivity contribution in [3.05, 3.63) is 28.8 Å². The van der Waals surface area contributed by atoms with E-state index >= 15 is 0 Å². The summed E-state index contributed by atoms with van der Waals surface area (Å²) in [4.78, 5) is 22.5. The third kappa shape index (κ3) is 3.68. The molecule has 1 fully saturated rings. The highest BCUT2D eigenvalue weighted by molar-refractivity contribution is 6.33. The molecule has 1 aliphatic rings. The molecule has 0 spiro atoms. The first-order chi connectivity index (χ1) is 8.97. The molecule has 0 bridgehead atoms. The van der Waals surface area contributed by atoms with Gasteiger partial charge in [0.25, 0.3) is 0 Å². The Bertz CT molecular complexity index is 515. The highest BCUT2D eigenvalue weighted by atomic mass is 35.5. The zero-order chi connectivity index (χ0) is 14.0. The number of aromatic carboxylic acids is 1. The van der Waals surface area contributed by atoms with Crippen LogP contribution in [0.25, 0.3) is 0 Å². The second kappa shape index (κ2) is 5.59. The molecule has 0 radical (unpaired) electrons. The Balaban J connectivity index is 1.96. The summed E-state index contributed by atoms with van der Waals surface area (Å²) in [6.07, 6.45) is 2.45. The predicted molar refractivity (Wildman–Crippen MR) is 72.4 cm³/mol. The number of halogens is 1. The summed E-state index contributed by atoms with van der Waals surface area (Å²) >= 11 is 5.82. The molecule has 102 valence electrons. The largest absolute Gasteiger partial charge is 0.478 e. The number of nitrogens with one attached hydrogen (secondary N) is 1. The number of amides is 1. The monoisotopic (exact) mass is 282 g/mol. The molecule has 4 N–H and O–H groups in total. The summed E-state index contributed by atoms with van der Waals surface area (Å²) in [5.41, 5.74) is 6.35.